The third-order valence-corrected chi connectivity index (χ3v) is 4.26. The molecule has 0 saturated carbocycles. The van der Waals surface area contributed by atoms with Gasteiger partial charge in [0.1, 0.15) is 11.6 Å². The summed E-state index contributed by atoms with van der Waals surface area (Å²) in [6.07, 6.45) is 0.608. The van der Waals surface area contributed by atoms with Crippen molar-refractivity contribution in [1.29, 1.82) is 0 Å². The van der Waals surface area contributed by atoms with Gasteiger partial charge in [-0.25, -0.2) is 8.78 Å². The number of carbonyl (C=O) groups is 1. The Labute approximate surface area is 114 Å². The van der Waals surface area contributed by atoms with Crippen molar-refractivity contribution in [2.24, 2.45) is 0 Å². The zero-order valence-electron chi connectivity index (χ0n) is 10.5. The van der Waals surface area contributed by atoms with Gasteiger partial charge in [0.15, 0.2) is 0 Å². The molecule has 0 unspecified atom stereocenters. The van der Waals surface area contributed by atoms with Gasteiger partial charge in [0.25, 0.3) is 0 Å². The van der Waals surface area contributed by atoms with Crippen LogP contribution in [-0.4, -0.2) is 40.4 Å². The second-order valence-corrected chi connectivity index (χ2v) is 5.71. The number of carbonyl (C=O) groups excluding carboxylic acids is 1. The van der Waals surface area contributed by atoms with Crippen LogP contribution in [0.3, 0.4) is 0 Å². The summed E-state index contributed by atoms with van der Waals surface area (Å²) in [5, 5.41) is 9.80. The fourth-order valence-electron chi connectivity index (χ4n) is 1.89. The molecule has 0 radical (unpaired) electrons. The van der Waals surface area contributed by atoms with E-state index >= 15 is 0 Å². The SMILES string of the molecule is CCC1(O)CN(C(=O)CSc2ccc(F)cc2F)C1. The smallest absolute Gasteiger partial charge is 0.233 e. The molecule has 0 atom stereocenters. The number of hydrogen-bond donors (Lipinski definition) is 1. The highest BCUT2D eigenvalue weighted by Crippen LogP contribution is 2.27. The molecule has 3 nitrogen and oxygen atoms in total. The number of nitrogens with zero attached hydrogens (tertiary/aromatic N) is 1. The monoisotopic (exact) mass is 287 g/mol. The second-order valence-electron chi connectivity index (χ2n) is 4.69. The lowest BCUT2D eigenvalue weighted by Crippen LogP contribution is -2.63. The molecule has 1 aliphatic heterocycles. The third kappa shape index (κ3) is 3.25. The van der Waals surface area contributed by atoms with Crippen LogP contribution in [0.2, 0.25) is 0 Å². The molecule has 1 N–H and O–H groups in total. The van der Waals surface area contributed by atoms with Gasteiger partial charge in [-0.05, 0) is 18.6 Å². The number of hydrogen-bond acceptors (Lipinski definition) is 3. The minimum atomic E-state index is -0.762. The van der Waals surface area contributed by atoms with Gasteiger partial charge >= 0.3 is 0 Å². The number of thioether (sulfide) groups is 1. The van der Waals surface area contributed by atoms with Crippen LogP contribution in [0.4, 0.5) is 8.78 Å². The summed E-state index contributed by atoms with van der Waals surface area (Å²) >= 11 is 1.03. The lowest BCUT2D eigenvalue weighted by molar-refractivity contribution is -0.152. The summed E-state index contributed by atoms with van der Waals surface area (Å²) < 4.78 is 26.1. The Bertz CT molecular complexity index is 490. The van der Waals surface area contributed by atoms with Gasteiger partial charge in [-0.15, -0.1) is 11.8 Å². The average Bonchev–Trinajstić information content (AvgIpc) is 2.33. The quantitative estimate of drug-likeness (QED) is 0.862. The Morgan fingerprint density at radius 1 is 1.47 bits per heavy atom. The first-order chi connectivity index (χ1) is 8.93. The molecule has 0 aromatic heterocycles. The molecule has 0 bridgehead atoms. The molecule has 6 heteroatoms. The molecule has 1 aromatic carbocycles. The van der Waals surface area contributed by atoms with Crippen LogP contribution in [0.25, 0.3) is 0 Å². The third-order valence-electron chi connectivity index (χ3n) is 3.23. The summed E-state index contributed by atoms with van der Waals surface area (Å²) in [5.41, 5.74) is -0.762. The molecule has 1 heterocycles. The molecule has 1 aromatic rings. The molecule has 1 fully saturated rings. The molecule has 2 rings (SSSR count). The van der Waals surface area contributed by atoms with Crippen molar-refractivity contribution >= 4 is 17.7 Å². The Balaban J connectivity index is 1.85. The van der Waals surface area contributed by atoms with Gasteiger partial charge in [-0.2, -0.15) is 0 Å². The number of amides is 1. The Kier molecular flexibility index (Phi) is 4.10. The Morgan fingerprint density at radius 3 is 2.74 bits per heavy atom. The van der Waals surface area contributed by atoms with Crippen molar-refractivity contribution in [3.63, 3.8) is 0 Å². The Morgan fingerprint density at radius 2 is 2.16 bits per heavy atom. The van der Waals surface area contributed by atoms with E-state index in [1.54, 1.807) is 0 Å². The van der Waals surface area contributed by atoms with Gasteiger partial charge in [0.05, 0.1) is 24.4 Å². The summed E-state index contributed by atoms with van der Waals surface area (Å²) in [4.78, 5) is 13.6. The van der Waals surface area contributed by atoms with Gasteiger partial charge < -0.3 is 10.0 Å². The van der Waals surface area contributed by atoms with Crippen molar-refractivity contribution < 1.29 is 18.7 Å². The molecule has 0 aliphatic carbocycles. The minimum absolute atomic E-state index is 0.0857. The molecule has 1 amide bonds. The fourth-order valence-corrected chi connectivity index (χ4v) is 2.71. The first-order valence-electron chi connectivity index (χ1n) is 6.01. The summed E-state index contributed by atoms with van der Waals surface area (Å²) in [6.45, 7) is 2.52. The first-order valence-corrected chi connectivity index (χ1v) is 7.00. The maximum absolute atomic E-state index is 13.3. The van der Waals surface area contributed by atoms with Crippen molar-refractivity contribution in [1.82, 2.24) is 4.90 Å². The molecular formula is C13H15F2NO2S. The van der Waals surface area contributed by atoms with Crippen LogP contribution in [-0.2, 0) is 4.79 Å². The van der Waals surface area contributed by atoms with Crippen LogP contribution >= 0.6 is 11.8 Å². The summed E-state index contributed by atoms with van der Waals surface area (Å²) in [7, 11) is 0. The van der Waals surface area contributed by atoms with E-state index in [2.05, 4.69) is 0 Å². The van der Waals surface area contributed by atoms with E-state index < -0.39 is 17.2 Å². The van der Waals surface area contributed by atoms with Crippen LogP contribution in [0, 0.1) is 11.6 Å². The van der Waals surface area contributed by atoms with Crippen LogP contribution in [0.1, 0.15) is 13.3 Å². The second kappa shape index (κ2) is 5.46. The highest BCUT2D eigenvalue weighted by molar-refractivity contribution is 8.00. The van der Waals surface area contributed by atoms with Crippen molar-refractivity contribution in [3.8, 4) is 0 Å². The summed E-state index contributed by atoms with van der Waals surface area (Å²) in [5.74, 6) is -1.36. The zero-order chi connectivity index (χ0) is 14.0. The molecule has 0 spiro atoms. The first kappa shape index (κ1) is 14.3. The van der Waals surface area contributed by atoms with Crippen molar-refractivity contribution in [3.05, 3.63) is 29.8 Å². The zero-order valence-corrected chi connectivity index (χ0v) is 11.3. The highest BCUT2D eigenvalue weighted by Gasteiger charge is 2.41. The number of halogens is 2. The van der Waals surface area contributed by atoms with Crippen LogP contribution in [0.5, 0.6) is 0 Å². The summed E-state index contributed by atoms with van der Waals surface area (Å²) in [6, 6.07) is 3.28. The predicted octanol–water partition coefficient (Wildman–Crippen LogP) is 2.04. The number of rotatable bonds is 4. The van der Waals surface area contributed by atoms with E-state index in [1.807, 2.05) is 6.92 Å². The molecule has 19 heavy (non-hydrogen) atoms. The maximum Gasteiger partial charge on any atom is 0.233 e. The number of likely N-dealkylation sites (tertiary alicyclic amines) is 1. The lowest BCUT2D eigenvalue weighted by atomic mass is 9.91. The average molecular weight is 287 g/mol. The van der Waals surface area contributed by atoms with Gasteiger partial charge in [0.2, 0.25) is 5.91 Å². The molecule has 1 aliphatic rings. The molecular weight excluding hydrogens is 272 g/mol. The number of benzene rings is 1. The highest BCUT2D eigenvalue weighted by atomic mass is 32.2. The van der Waals surface area contributed by atoms with E-state index in [9.17, 15) is 18.7 Å². The van der Waals surface area contributed by atoms with Gasteiger partial charge in [0, 0.05) is 11.0 Å². The number of aliphatic hydroxyl groups is 1. The minimum Gasteiger partial charge on any atom is -0.386 e. The van der Waals surface area contributed by atoms with E-state index in [4.69, 9.17) is 0 Å². The Hall–Kier alpha value is -1.14. The normalized spacial score (nSPS) is 17.2. The largest absolute Gasteiger partial charge is 0.386 e. The van der Waals surface area contributed by atoms with Crippen molar-refractivity contribution in [2.45, 2.75) is 23.8 Å². The maximum atomic E-state index is 13.3. The fraction of sp³-hybridized carbons (Fsp3) is 0.462. The van der Waals surface area contributed by atoms with Crippen LogP contribution < -0.4 is 0 Å². The standard InChI is InChI=1S/C13H15F2NO2S/c1-2-13(18)7-16(8-13)12(17)6-19-11-4-3-9(14)5-10(11)15/h3-5,18H,2,6-8H2,1H3. The van der Waals surface area contributed by atoms with E-state index in [0.717, 1.165) is 23.9 Å². The number of β-amino-alcohol motifs (C(OH)–C–C–N with tert-alkyl or cyclic N) is 1. The van der Waals surface area contributed by atoms with E-state index in [-0.39, 0.29) is 16.6 Å². The molecule has 104 valence electrons. The van der Waals surface area contributed by atoms with Crippen molar-refractivity contribution in [2.75, 3.05) is 18.8 Å². The van der Waals surface area contributed by atoms with E-state index in [1.165, 1.54) is 11.0 Å². The molecule has 1 saturated heterocycles. The topological polar surface area (TPSA) is 40.5 Å². The van der Waals surface area contributed by atoms with Gasteiger partial charge in [-0.1, -0.05) is 6.92 Å². The van der Waals surface area contributed by atoms with Crippen LogP contribution in [0.15, 0.2) is 23.1 Å². The lowest BCUT2D eigenvalue weighted by Gasteiger charge is -2.46. The van der Waals surface area contributed by atoms with E-state index in [0.29, 0.717) is 19.5 Å². The predicted molar refractivity (Wildman–Crippen MR) is 68.9 cm³/mol. The van der Waals surface area contributed by atoms with Gasteiger partial charge in [-0.3, -0.25) is 4.79 Å².